The molecule has 2 atom stereocenters. The molecule has 0 saturated carbocycles. The van der Waals surface area contributed by atoms with Crippen LogP contribution < -0.4 is 11.1 Å². The topological polar surface area (TPSA) is 136 Å². The number of alkyl halides is 3. The predicted molar refractivity (Wildman–Crippen MR) is 131 cm³/mol. The molecular formula is C25H33F3N4O6. The number of halogens is 3. The van der Waals surface area contributed by atoms with Gasteiger partial charge < -0.3 is 30.2 Å². The van der Waals surface area contributed by atoms with Crippen LogP contribution in [0.4, 0.5) is 13.2 Å². The standard InChI is InChI=1S/C25H33F3N4O6/c26-25(27,28)7-11-37-23(34)19(29)5-6-22(33)31-21(15-17-16-30-20-4-2-1-3-18(17)20)24(35)38-14-10-32-8-12-36-13-9-32/h1-4,16,19,21,30H,5-15,29H2,(H,31,33)/t19-,21?/m1/s1. The van der Waals surface area contributed by atoms with Gasteiger partial charge in [0, 0.05) is 49.6 Å². The number of benzene rings is 1. The number of aromatic nitrogens is 1. The van der Waals surface area contributed by atoms with Crippen molar-refractivity contribution in [3.63, 3.8) is 0 Å². The summed E-state index contributed by atoms with van der Waals surface area (Å²) in [6, 6.07) is 5.25. The number of H-pyrrole nitrogens is 1. The summed E-state index contributed by atoms with van der Waals surface area (Å²) in [5.74, 6) is -2.19. The van der Waals surface area contributed by atoms with Crippen LogP contribution in [0.25, 0.3) is 10.9 Å². The highest BCUT2D eigenvalue weighted by molar-refractivity contribution is 5.87. The van der Waals surface area contributed by atoms with Gasteiger partial charge in [-0.2, -0.15) is 13.2 Å². The SMILES string of the molecule is N[C@H](CCC(=O)NC(Cc1c[nH]c2ccccc12)C(=O)OCCN1CCOCC1)C(=O)OCCC(F)(F)F. The summed E-state index contributed by atoms with van der Waals surface area (Å²) in [6.45, 7) is 2.56. The Hall–Kier alpha value is -3.16. The summed E-state index contributed by atoms with van der Waals surface area (Å²) >= 11 is 0. The molecule has 1 unspecified atom stereocenters. The highest BCUT2D eigenvalue weighted by Crippen LogP contribution is 2.20. The Morgan fingerprint density at radius 3 is 2.55 bits per heavy atom. The zero-order valence-corrected chi connectivity index (χ0v) is 20.9. The van der Waals surface area contributed by atoms with Crippen molar-refractivity contribution < 1.29 is 41.8 Å². The van der Waals surface area contributed by atoms with Crippen LogP contribution in [-0.4, -0.2) is 92.1 Å². The molecule has 2 heterocycles. The molecule has 1 aromatic heterocycles. The number of esters is 2. The second-order valence-electron chi connectivity index (χ2n) is 8.98. The van der Waals surface area contributed by atoms with Crippen molar-refractivity contribution in [3.8, 4) is 0 Å². The maximum Gasteiger partial charge on any atom is 0.392 e. The fourth-order valence-corrected chi connectivity index (χ4v) is 3.96. The van der Waals surface area contributed by atoms with Crippen molar-refractivity contribution in [3.05, 3.63) is 36.0 Å². The van der Waals surface area contributed by atoms with Gasteiger partial charge in [0.25, 0.3) is 0 Å². The highest BCUT2D eigenvalue weighted by Gasteiger charge is 2.29. The smallest absolute Gasteiger partial charge is 0.392 e. The van der Waals surface area contributed by atoms with Gasteiger partial charge in [-0.05, 0) is 18.1 Å². The van der Waals surface area contributed by atoms with Gasteiger partial charge in [0.15, 0.2) is 0 Å². The molecular weight excluding hydrogens is 509 g/mol. The summed E-state index contributed by atoms with van der Waals surface area (Å²) < 4.78 is 52.0. The number of morpholine rings is 1. The van der Waals surface area contributed by atoms with E-state index in [2.05, 4.69) is 19.9 Å². The van der Waals surface area contributed by atoms with Crippen LogP contribution in [0.5, 0.6) is 0 Å². The minimum atomic E-state index is -4.46. The third kappa shape index (κ3) is 9.62. The van der Waals surface area contributed by atoms with E-state index in [0.29, 0.717) is 19.8 Å². The number of hydrogen-bond donors (Lipinski definition) is 3. The average molecular weight is 543 g/mol. The molecule has 1 aliphatic heterocycles. The van der Waals surface area contributed by atoms with Gasteiger partial charge in [-0.3, -0.25) is 14.5 Å². The number of carbonyl (C=O) groups is 3. The van der Waals surface area contributed by atoms with Gasteiger partial charge in [-0.15, -0.1) is 0 Å². The third-order valence-electron chi connectivity index (χ3n) is 6.09. The summed E-state index contributed by atoms with van der Waals surface area (Å²) in [4.78, 5) is 42.6. The number of nitrogens with zero attached hydrogens (tertiary/aromatic N) is 1. The number of fused-ring (bicyclic) bond motifs is 1. The molecule has 1 aliphatic rings. The van der Waals surface area contributed by atoms with Gasteiger partial charge in [0.1, 0.15) is 18.7 Å². The van der Waals surface area contributed by atoms with Gasteiger partial charge >= 0.3 is 18.1 Å². The summed E-state index contributed by atoms with van der Waals surface area (Å²) in [6.07, 6.45) is -4.21. The van der Waals surface area contributed by atoms with Crippen LogP contribution in [0.3, 0.4) is 0 Å². The highest BCUT2D eigenvalue weighted by atomic mass is 19.4. The Bertz CT molecular complexity index is 1070. The van der Waals surface area contributed by atoms with E-state index < -0.39 is 49.1 Å². The Kier molecular flexibility index (Phi) is 10.9. The van der Waals surface area contributed by atoms with Crippen molar-refractivity contribution in [1.82, 2.24) is 15.2 Å². The molecule has 0 radical (unpaired) electrons. The second kappa shape index (κ2) is 14.1. The van der Waals surface area contributed by atoms with E-state index in [1.54, 1.807) is 6.20 Å². The molecule has 0 bridgehead atoms. The molecule has 38 heavy (non-hydrogen) atoms. The molecule has 2 aromatic rings. The number of aromatic amines is 1. The van der Waals surface area contributed by atoms with E-state index in [9.17, 15) is 27.6 Å². The largest absolute Gasteiger partial charge is 0.464 e. The van der Waals surface area contributed by atoms with Crippen LogP contribution in [0.15, 0.2) is 30.5 Å². The molecule has 1 aromatic carbocycles. The van der Waals surface area contributed by atoms with E-state index in [-0.39, 0.29) is 25.9 Å². The van der Waals surface area contributed by atoms with Crippen LogP contribution in [-0.2, 0) is 35.0 Å². The second-order valence-corrected chi connectivity index (χ2v) is 8.98. The first kappa shape index (κ1) is 29.4. The van der Waals surface area contributed by atoms with E-state index in [0.717, 1.165) is 29.6 Å². The number of carbonyl (C=O) groups excluding carboxylic acids is 3. The zero-order chi connectivity index (χ0) is 27.5. The molecule has 1 amide bonds. The lowest BCUT2D eigenvalue weighted by Crippen LogP contribution is -2.45. The Balaban J connectivity index is 1.54. The number of amides is 1. The molecule has 3 rings (SSSR count). The normalized spacial score (nSPS) is 16.1. The minimum Gasteiger partial charge on any atom is -0.464 e. The van der Waals surface area contributed by atoms with Crippen LogP contribution in [0.1, 0.15) is 24.8 Å². The number of nitrogens with two attached hydrogens (primary N) is 1. The van der Waals surface area contributed by atoms with Crippen molar-refractivity contribution in [2.45, 2.75) is 43.9 Å². The van der Waals surface area contributed by atoms with Crippen molar-refractivity contribution in [2.24, 2.45) is 5.73 Å². The number of ether oxygens (including phenoxy) is 3. The molecule has 1 fully saturated rings. The van der Waals surface area contributed by atoms with Crippen molar-refractivity contribution >= 4 is 28.7 Å². The predicted octanol–water partition coefficient (Wildman–Crippen LogP) is 1.67. The quantitative estimate of drug-likeness (QED) is 0.326. The van der Waals surface area contributed by atoms with Crippen molar-refractivity contribution in [1.29, 1.82) is 0 Å². The summed E-state index contributed by atoms with van der Waals surface area (Å²) in [5, 5.41) is 3.55. The first-order chi connectivity index (χ1) is 18.1. The van der Waals surface area contributed by atoms with E-state index >= 15 is 0 Å². The first-order valence-electron chi connectivity index (χ1n) is 12.4. The number of para-hydroxylation sites is 1. The molecule has 210 valence electrons. The van der Waals surface area contributed by atoms with Gasteiger partial charge in [0.2, 0.25) is 5.91 Å². The molecule has 10 nitrogen and oxygen atoms in total. The molecule has 4 N–H and O–H groups in total. The fourth-order valence-electron chi connectivity index (χ4n) is 3.96. The van der Waals surface area contributed by atoms with Gasteiger partial charge in [0.05, 0.1) is 26.2 Å². The third-order valence-corrected chi connectivity index (χ3v) is 6.09. The van der Waals surface area contributed by atoms with Crippen LogP contribution in [0.2, 0.25) is 0 Å². The molecule has 0 spiro atoms. The minimum absolute atomic E-state index is 0.147. The number of rotatable bonds is 13. The fraction of sp³-hybridized carbons (Fsp3) is 0.560. The summed E-state index contributed by atoms with van der Waals surface area (Å²) in [5.41, 5.74) is 7.35. The van der Waals surface area contributed by atoms with Gasteiger partial charge in [-0.25, -0.2) is 4.79 Å². The number of nitrogens with one attached hydrogen (secondary N) is 2. The lowest BCUT2D eigenvalue weighted by atomic mass is 10.0. The van der Waals surface area contributed by atoms with Crippen molar-refractivity contribution in [2.75, 3.05) is 46.1 Å². The number of hydrogen-bond acceptors (Lipinski definition) is 8. The lowest BCUT2D eigenvalue weighted by molar-refractivity contribution is -0.160. The monoisotopic (exact) mass is 542 g/mol. The summed E-state index contributed by atoms with van der Waals surface area (Å²) in [7, 11) is 0. The average Bonchev–Trinajstić information content (AvgIpc) is 3.29. The van der Waals surface area contributed by atoms with E-state index in [1.165, 1.54) is 0 Å². The Labute approximate surface area is 217 Å². The molecule has 0 aliphatic carbocycles. The zero-order valence-electron chi connectivity index (χ0n) is 20.9. The first-order valence-corrected chi connectivity index (χ1v) is 12.4. The van der Waals surface area contributed by atoms with Gasteiger partial charge in [-0.1, -0.05) is 18.2 Å². The molecule has 1 saturated heterocycles. The maximum absolute atomic E-state index is 12.9. The van der Waals surface area contributed by atoms with Crippen LogP contribution in [0, 0.1) is 0 Å². The lowest BCUT2D eigenvalue weighted by Gasteiger charge is -2.26. The van der Waals surface area contributed by atoms with E-state index in [1.807, 2.05) is 24.3 Å². The van der Waals surface area contributed by atoms with Crippen LogP contribution >= 0.6 is 0 Å². The Morgan fingerprint density at radius 1 is 1.11 bits per heavy atom. The maximum atomic E-state index is 12.9. The van der Waals surface area contributed by atoms with E-state index in [4.69, 9.17) is 15.2 Å². The Morgan fingerprint density at radius 2 is 1.82 bits per heavy atom. The molecule has 13 heteroatoms.